The van der Waals surface area contributed by atoms with E-state index in [-0.39, 0.29) is 5.91 Å². The normalized spacial score (nSPS) is 10.6. The molecule has 0 atom stereocenters. The molecule has 0 aliphatic carbocycles. The van der Waals surface area contributed by atoms with Crippen LogP contribution in [0.15, 0.2) is 42.5 Å². The molecule has 0 heterocycles. The van der Waals surface area contributed by atoms with Gasteiger partial charge in [-0.3, -0.25) is 4.79 Å². The fraction of sp³-hybridized carbons (Fsp3) is 0.250. The fourth-order valence-corrected chi connectivity index (χ4v) is 2.41. The molecule has 0 unspecified atom stereocenters. The van der Waals surface area contributed by atoms with Gasteiger partial charge in [0.05, 0.1) is 21.3 Å². The molecular weight excluding hydrogens is 318 g/mol. The summed E-state index contributed by atoms with van der Waals surface area (Å²) in [6.45, 7) is 2.33. The summed E-state index contributed by atoms with van der Waals surface area (Å²) in [5, 5.41) is 2.85. The molecule has 132 valence electrons. The van der Waals surface area contributed by atoms with Crippen molar-refractivity contribution in [1.29, 1.82) is 0 Å². The topological polar surface area (TPSA) is 56.8 Å². The molecule has 0 aromatic heterocycles. The number of rotatable bonds is 7. The first-order valence-electron chi connectivity index (χ1n) is 7.89. The summed E-state index contributed by atoms with van der Waals surface area (Å²) in [6, 6.07) is 11.4. The number of carbonyl (C=O) groups excluding carboxylic acids is 1. The highest BCUT2D eigenvalue weighted by atomic mass is 16.5. The number of nitrogens with one attached hydrogen (secondary N) is 1. The maximum atomic E-state index is 12.1. The van der Waals surface area contributed by atoms with Crippen molar-refractivity contribution in [2.24, 2.45) is 0 Å². The van der Waals surface area contributed by atoms with E-state index in [1.54, 1.807) is 39.5 Å². The molecule has 0 bridgehead atoms. The Balaban J connectivity index is 2.07. The average Bonchev–Trinajstić information content (AvgIpc) is 2.64. The van der Waals surface area contributed by atoms with E-state index in [1.165, 1.54) is 6.08 Å². The van der Waals surface area contributed by atoms with Gasteiger partial charge in [0.15, 0.2) is 11.5 Å². The minimum absolute atomic E-state index is 0.180. The van der Waals surface area contributed by atoms with E-state index in [0.717, 1.165) is 16.7 Å². The molecule has 2 aromatic carbocycles. The van der Waals surface area contributed by atoms with Crippen molar-refractivity contribution in [2.75, 3.05) is 21.3 Å². The molecule has 1 amide bonds. The second-order valence-corrected chi connectivity index (χ2v) is 5.43. The van der Waals surface area contributed by atoms with Crippen LogP contribution in [0.2, 0.25) is 0 Å². The Morgan fingerprint density at radius 2 is 1.64 bits per heavy atom. The third-order valence-electron chi connectivity index (χ3n) is 3.84. The zero-order chi connectivity index (χ0) is 18.2. The molecule has 0 saturated carbocycles. The Hall–Kier alpha value is -2.95. The van der Waals surface area contributed by atoms with E-state index in [9.17, 15) is 4.79 Å². The Morgan fingerprint density at radius 1 is 1.00 bits per heavy atom. The predicted molar refractivity (Wildman–Crippen MR) is 98.2 cm³/mol. The van der Waals surface area contributed by atoms with Gasteiger partial charge in [-0.15, -0.1) is 0 Å². The van der Waals surface area contributed by atoms with E-state index in [2.05, 4.69) is 5.32 Å². The summed E-state index contributed by atoms with van der Waals surface area (Å²) >= 11 is 0. The van der Waals surface area contributed by atoms with Crippen LogP contribution < -0.4 is 19.5 Å². The van der Waals surface area contributed by atoms with Crippen molar-refractivity contribution >= 4 is 12.0 Å². The van der Waals surface area contributed by atoms with Gasteiger partial charge >= 0.3 is 0 Å². The van der Waals surface area contributed by atoms with Crippen LogP contribution >= 0.6 is 0 Å². The van der Waals surface area contributed by atoms with Crippen LogP contribution in [0.1, 0.15) is 16.7 Å². The number of hydrogen-bond acceptors (Lipinski definition) is 4. The first-order valence-corrected chi connectivity index (χ1v) is 7.89. The van der Waals surface area contributed by atoms with Crippen molar-refractivity contribution in [3.63, 3.8) is 0 Å². The van der Waals surface area contributed by atoms with E-state index in [1.807, 2.05) is 31.2 Å². The lowest BCUT2D eigenvalue weighted by Crippen LogP contribution is -2.20. The van der Waals surface area contributed by atoms with Gasteiger partial charge in [0.25, 0.3) is 0 Å². The largest absolute Gasteiger partial charge is 0.496 e. The van der Waals surface area contributed by atoms with Gasteiger partial charge in [-0.2, -0.15) is 0 Å². The van der Waals surface area contributed by atoms with Crippen molar-refractivity contribution in [2.45, 2.75) is 13.5 Å². The van der Waals surface area contributed by atoms with E-state index in [4.69, 9.17) is 14.2 Å². The highest BCUT2D eigenvalue weighted by molar-refractivity contribution is 5.91. The van der Waals surface area contributed by atoms with E-state index < -0.39 is 0 Å². The molecule has 0 fully saturated rings. The van der Waals surface area contributed by atoms with Crippen molar-refractivity contribution in [3.05, 3.63) is 59.2 Å². The maximum absolute atomic E-state index is 12.1. The molecule has 5 nitrogen and oxygen atoms in total. The molecule has 0 saturated heterocycles. The lowest BCUT2D eigenvalue weighted by Gasteiger charge is -2.14. The van der Waals surface area contributed by atoms with Gasteiger partial charge in [-0.1, -0.05) is 24.3 Å². The number of benzene rings is 2. The number of methoxy groups -OCH3 is 3. The molecule has 2 rings (SSSR count). The molecule has 0 spiro atoms. The van der Waals surface area contributed by atoms with Crippen LogP contribution in [-0.4, -0.2) is 27.2 Å². The van der Waals surface area contributed by atoms with Crippen LogP contribution in [0, 0.1) is 6.92 Å². The zero-order valence-electron chi connectivity index (χ0n) is 15.0. The minimum atomic E-state index is -0.180. The summed E-state index contributed by atoms with van der Waals surface area (Å²) in [4.78, 5) is 12.1. The quantitative estimate of drug-likeness (QED) is 0.785. The Labute approximate surface area is 148 Å². The van der Waals surface area contributed by atoms with Crippen molar-refractivity contribution in [1.82, 2.24) is 5.32 Å². The summed E-state index contributed by atoms with van der Waals surface area (Å²) in [7, 11) is 4.71. The van der Waals surface area contributed by atoms with E-state index in [0.29, 0.717) is 23.8 Å². The van der Waals surface area contributed by atoms with E-state index >= 15 is 0 Å². The van der Waals surface area contributed by atoms with Gasteiger partial charge in [0.1, 0.15) is 5.75 Å². The average molecular weight is 341 g/mol. The van der Waals surface area contributed by atoms with Gasteiger partial charge in [0, 0.05) is 24.3 Å². The number of carbonyl (C=O) groups is 1. The smallest absolute Gasteiger partial charge is 0.244 e. The molecular formula is C20H23NO4. The standard InChI is InChI=1S/C20H23NO4/c1-14-7-5-6-8-15(14)9-10-20(22)21-13-16-11-18(24-3)19(25-4)12-17(16)23-2/h5-12H,13H2,1-4H3,(H,21,22)/b10-9+. The lowest BCUT2D eigenvalue weighted by atomic mass is 10.1. The minimum Gasteiger partial charge on any atom is -0.496 e. The maximum Gasteiger partial charge on any atom is 0.244 e. The molecule has 25 heavy (non-hydrogen) atoms. The second kappa shape index (κ2) is 8.78. The number of amides is 1. The Kier molecular flexibility index (Phi) is 6.46. The number of ether oxygens (including phenoxy) is 3. The molecule has 2 aromatic rings. The summed E-state index contributed by atoms with van der Waals surface area (Å²) in [5.74, 6) is 1.61. The SMILES string of the molecule is COc1cc(OC)c(OC)cc1CNC(=O)/C=C/c1ccccc1C. The van der Waals surface area contributed by atoms with Crippen LogP contribution in [0.4, 0.5) is 0 Å². The molecule has 5 heteroatoms. The first kappa shape index (κ1) is 18.4. The monoisotopic (exact) mass is 341 g/mol. The third-order valence-corrected chi connectivity index (χ3v) is 3.84. The predicted octanol–water partition coefficient (Wildman–Crippen LogP) is 3.35. The molecule has 1 N–H and O–H groups in total. The third kappa shape index (κ3) is 4.76. The fourth-order valence-electron chi connectivity index (χ4n) is 2.41. The number of aryl methyl sites for hydroxylation is 1. The van der Waals surface area contributed by atoms with Gasteiger partial charge in [0.2, 0.25) is 5.91 Å². The highest BCUT2D eigenvalue weighted by Gasteiger charge is 2.12. The van der Waals surface area contributed by atoms with Crippen LogP contribution in [0.3, 0.4) is 0 Å². The summed E-state index contributed by atoms with van der Waals surface area (Å²) in [6.07, 6.45) is 3.33. The second-order valence-electron chi connectivity index (χ2n) is 5.43. The zero-order valence-corrected chi connectivity index (χ0v) is 15.0. The highest BCUT2D eigenvalue weighted by Crippen LogP contribution is 2.34. The van der Waals surface area contributed by atoms with Crippen molar-refractivity contribution < 1.29 is 19.0 Å². The summed E-state index contributed by atoms with van der Waals surface area (Å²) in [5.41, 5.74) is 2.94. The molecule has 0 aliphatic rings. The Bertz CT molecular complexity index is 768. The summed E-state index contributed by atoms with van der Waals surface area (Å²) < 4.78 is 15.9. The van der Waals surface area contributed by atoms with Crippen LogP contribution in [-0.2, 0) is 11.3 Å². The van der Waals surface area contributed by atoms with Gasteiger partial charge in [-0.25, -0.2) is 0 Å². The van der Waals surface area contributed by atoms with Gasteiger partial charge < -0.3 is 19.5 Å². The van der Waals surface area contributed by atoms with Crippen molar-refractivity contribution in [3.8, 4) is 17.2 Å². The lowest BCUT2D eigenvalue weighted by molar-refractivity contribution is -0.116. The van der Waals surface area contributed by atoms with Crippen LogP contribution in [0.25, 0.3) is 6.08 Å². The number of hydrogen-bond donors (Lipinski definition) is 1. The molecule has 0 aliphatic heterocycles. The first-order chi connectivity index (χ1) is 12.1. The Morgan fingerprint density at radius 3 is 2.28 bits per heavy atom. The molecule has 0 radical (unpaired) electrons. The van der Waals surface area contributed by atoms with Crippen LogP contribution in [0.5, 0.6) is 17.2 Å². The van der Waals surface area contributed by atoms with Gasteiger partial charge in [-0.05, 0) is 30.2 Å².